The average Bonchev–Trinajstić information content (AvgIpc) is 2.98. The van der Waals surface area contributed by atoms with Crippen molar-refractivity contribution in [2.75, 3.05) is 6.54 Å². The van der Waals surface area contributed by atoms with E-state index in [0.717, 1.165) is 6.54 Å². The molecule has 1 aliphatic carbocycles. The predicted octanol–water partition coefficient (Wildman–Crippen LogP) is 3.64. The van der Waals surface area contributed by atoms with E-state index in [9.17, 15) is 0 Å². The van der Waals surface area contributed by atoms with E-state index in [1.165, 1.54) is 46.0 Å². The number of hydrogen-bond donors (Lipinski definition) is 1. The first-order chi connectivity index (χ1) is 9.28. The van der Waals surface area contributed by atoms with Gasteiger partial charge in [-0.2, -0.15) is 0 Å². The first kappa shape index (κ1) is 12.8. The summed E-state index contributed by atoms with van der Waals surface area (Å²) >= 11 is 1.90. The van der Waals surface area contributed by atoms with Gasteiger partial charge in [0.1, 0.15) is 5.01 Å². The summed E-state index contributed by atoms with van der Waals surface area (Å²) in [6, 6.07) is 9.05. The zero-order valence-electron chi connectivity index (χ0n) is 11.6. The molecule has 0 saturated carbocycles. The van der Waals surface area contributed by atoms with Crippen molar-refractivity contribution in [3.05, 3.63) is 51.0 Å². The number of nitrogens with zero attached hydrogens (tertiary/aromatic N) is 1. The van der Waals surface area contributed by atoms with Crippen LogP contribution < -0.4 is 5.32 Å². The maximum atomic E-state index is 4.86. The largest absolute Gasteiger partial charge is 0.305 e. The molecule has 1 atom stereocenters. The Bertz CT molecular complexity index is 535. The van der Waals surface area contributed by atoms with Gasteiger partial charge in [0, 0.05) is 4.88 Å². The molecule has 0 spiro atoms. The van der Waals surface area contributed by atoms with E-state index < -0.39 is 0 Å². The number of aryl methyl sites for hydroxylation is 3. The summed E-state index contributed by atoms with van der Waals surface area (Å²) in [5, 5.41) is 4.80. The van der Waals surface area contributed by atoms with Gasteiger partial charge in [0.15, 0.2) is 0 Å². The average molecular weight is 272 g/mol. The SMILES string of the molecule is CCNC(c1ccc(C)cc1)c1nc2c(s1)CCC2. The molecule has 2 nitrogen and oxygen atoms in total. The van der Waals surface area contributed by atoms with Crippen molar-refractivity contribution in [3.8, 4) is 0 Å². The Morgan fingerprint density at radius 3 is 2.74 bits per heavy atom. The second-order valence-corrected chi connectivity index (χ2v) is 6.29. The predicted molar refractivity (Wildman–Crippen MR) is 80.8 cm³/mol. The molecule has 1 heterocycles. The molecule has 0 fully saturated rings. The van der Waals surface area contributed by atoms with Crippen LogP contribution in [0.1, 0.15) is 46.1 Å². The van der Waals surface area contributed by atoms with Crippen LogP contribution in [0.25, 0.3) is 0 Å². The Kier molecular flexibility index (Phi) is 3.67. The lowest BCUT2D eigenvalue weighted by molar-refractivity contribution is 0.625. The highest BCUT2D eigenvalue weighted by Crippen LogP contribution is 2.33. The van der Waals surface area contributed by atoms with Crippen molar-refractivity contribution in [3.63, 3.8) is 0 Å². The van der Waals surface area contributed by atoms with Crippen LogP contribution in [0.2, 0.25) is 0 Å². The summed E-state index contributed by atoms with van der Waals surface area (Å²) in [6.07, 6.45) is 3.67. The van der Waals surface area contributed by atoms with Gasteiger partial charge in [-0.15, -0.1) is 11.3 Å². The smallest absolute Gasteiger partial charge is 0.115 e. The van der Waals surface area contributed by atoms with Crippen molar-refractivity contribution in [2.24, 2.45) is 0 Å². The van der Waals surface area contributed by atoms with Crippen LogP contribution in [-0.4, -0.2) is 11.5 Å². The standard InChI is InChI=1S/C16H20N2S/c1-3-17-15(12-9-7-11(2)8-10-12)16-18-13-5-4-6-14(13)19-16/h7-10,15,17H,3-6H2,1-2H3. The van der Waals surface area contributed by atoms with Crippen LogP contribution in [0.3, 0.4) is 0 Å². The van der Waals surface area contributed by atoms with Crippen molar-refractivity contribution < 1.29 is 0 Å². The number of rotatable bonds is 4. The van der Waals surface area contributed by atoms with Crippen molar-refractivity contribution in [1.82, 2.24) is 10.3 Å². The highest BCUT2D eigenvalue weighted by Gasteiger charge is 2.22. The molecule has 100 valence electrons. The van der Waals surface area contributed by atoms with E-state index in [-0.39, 0.29) is 6.04 Å². The number of fused-ring (bicyclic) bond motifs is 1. The maximum Gasteiger partial charge on any atom is 0.115 e. The molecule has 0 bridgehead atoms. The zero-order chi connectivity index (χ0) is 13.2. The fourth-order valence-electron chi connectivity index (χ4n) is 2.64. The second-order valence-electron chi connectivity index (χ2n) is 5.18. The number of thiazole rings is 1. The minimum absolute atomic E-state index is 0.251. The fraction of sp³-hybridized carbons (Fsp3) is 0.438. The third-order valence-corrected chi connectivity index (χ3v) is 4.90. The van der Waals surface area contributed by atoms with Crippen LogP contribution in [0.5, 0.6) is 0 Å². The minimum Gasteiger partial charge on any atom is -0.305 e. The first-order valence-electron chi connectivity index (χ1n) is 7.06. The quantitative estimate of drug-likeness (QED) is 0.919. The molecule has 1 aliphatic rings. The number of aromatic nitrogens is 1. The molecule has 1 unspecified atom stereocenters. The molecule has 2 aromatic rings. The Morgan fingerprint density at radius 2 is 2.05 bits per heavy atom. The summed E-state index contributed by atoms with van der Waals surface area (Å²) in [5.74, 6) is 0. The van der Waals surface area contributed by atoms with Crippen LogP contribution in [0.4, 0.5) is 0 Å². The van der Waals surface area contributed by atoms with Gasteiger partial charge in [-0.25, -0.2) is 4.98 Å². The highest BCUT2D eigenvalue weighted by atomic mass is 32.1. The van der Waals surface area contributed by atoms with E-state index in [0.29, 0.717) is 0 Å². The lowest BCUT2D eigenvalue weighted by Crippen LogP contribution is -2.21. The van der Waals surface area contributed by atoms with Crippen molar-refractivity contribution in [1.29, 1.82) is 0 Å². The first-order valence-corrected chi connectivity index (χ1v) is 7.88. The topological polar surface area (TPSA) is 24.9 Å². The molecule has 1 aromatic heterocycles. The van der Waals surface area contributed by atoms with Crippen LogP contribution in [0.15, 0.2) is 24.3 Å². The molecule has 1 aromatic carbocycles. The molecule has 19 heavy (non-hydrogen) atoms. The third-order valence-electron chi connectivity index (χ3n) is 3.68. The van der Waals surface area contributed by atoms with E-state index in [2.05, 4.69) is 43.4 Å². The van der Waals surface area contributed by atoms with E-state index in [4.69, 9.17) is 4.98 Å². The molecular weight excluding hydrogens is 252 g/mol. The normalized spacial score (nSPS) is 15.5. The second kappa shape index (κ2) is 5.43. The Hall–Kier alpha value is -1.19. The number of nitrogens with one attached hydrogen (secondary N) is 1. The molecule has 0 saturated heterocycles. The summed E-state index contributed by atoms with van der Waals surface area (Å²) in [6.45, 7) is 5.25. The molecule has 0 amide bonds. The fourth-order valence-corrected chi connectivity index (χ4v) is 3.90. The minimum atomic E-state index is 0.251. The zero-order valence-corrected chi connectivity index (χ0v) is 12.4. The Morgan fingerprint density at radius 1 is 1.26 bits per heavy atom. The summed E-state index contributed by atoms with van der Waals surface area (Å²) in [7, 11) is 0. The Balaban J connectivity index is 1.93. The lowest BCUT2D eigenvalue weighted by atomic mass is 10.1. The van der Waals surface area contributed by atoms with Gasteiger partial charge in [0.2, 0.25) is 0 Å². The number of benzene rings is 1. The molecule has 1 N–H and O–H groups in total. The van der Waals surface area contributed by atoms with Crippen molar-refractivity contribution >= 4 is 11.3 Å². The Labute approximate surface area is 118 Å². The molecule has 0 aliphatic heterocycles. The van der Waals surface area contributed by atoms with Gasteiger partial charge in [-0.1, -0.05) is 36.8 Å². The van der Waals surface area contributed by atoms with Crippen LogP contribution in [0, 0.1) is 6.92 Å². The molecule has 3 heteroatoms. The molecule has 0 radical (unpaired) electrons. The number of hydrogen-bond acceptors (Lipinski definition) is 3. The van der Waals surface area contributed by atoms with Crippen LogP contribution in [-0.2, 0) is 12.8 Å². The van der Waals surface area contributed by atoms with Gasteiger partial charge in [-0.05, 0) is 38.3 Å². The van der Waals surface area contributed by atoms with E-state index in [1.54, 1.807) is 0 Å². The van der Waals surface area contributed by atoms with E-state index in [1.807, 2.05) is 11.3 Å². The maximum absolute atomic E-state index is 4.86. The van der Waals surface area contributed by atoms with Crippen molar-refractivity contribution in [2.45, 2.75) is 39.2 Å². The highest BCUT2D eigenvalue weighted by molar-refractivity contribution is 7.11. The lowest BCUT2D eigenvalue weighted by Gasteiger charge is -2.16. The molecule has 3 rings (SSSR count). The van der Waals surface area contributed by atoms with Gasteiger partial charge in [0.05, 0.1) is 11.7 Å². The van der Waals surface area contributed by atoms with Gasteiger partial charge < -0.3 is 5.32 Å². The third kappa shape index (κ3) is 2.58. The summed E-state index contributed by atoms with van der Waals surface area (Å²) < 4.78 is 0. The summed E-state index contributed by atoms with van der Waals surface area (Å²) in [5.41, 5.74) is 3.97. The monoisotopic (exact) mass is 272 g/mol. The summed E-state index contributed by atoms with van der Waals surface area (Å²) in [4.78, 5) is 6.37. The van der Waals surface area contributed by atoms with Gasteiger partial charge >= 0.3 is 0 Å². The van der Waals surface area contributed by atoms with E-state index >= 15 is 0 Å². The van der Waals surface area contributed by atoms with Gasteiger partial charge in [0.25, 0.3) is 0 Å². The van der Waals surface area contributed by atoms with Crippen LogP contribution >= 0.6 is 11.3 Å². The molecular formula is C16H20N2S. The van der Waals surface area contributed by atoms with Gasteiger partial charge in [-0.3, -0.25) is 0 Å².